The second kappa shape index (κ2) is 11.2. The number of hydrogen-bond acceptors (Lipinski definition) is 8. The highest BCUT2D eigenvalue weighted by Gasteiger charge is 2.49. The Morgan fingerprint density at radius 1 is 1.15 bits per heavy atom. The molecule has 0 unspecified atom stereocenters. The second-order valence-electron chi connectivity index (χ2n) is 10.3. The molecule has 1 aromatic heterocycles. The summed E-state index contributed by atoms with van der Waals surface area (Å²) in [5, 5.41) is 16.2. The van der Waals surface area contributed by atoms with Crippen LogP contribution in [0.5, 0.6) is 0 Å². The number of nitro benzene ring substituents is 1. The predicted molar refractivity (Wildman–Crippen MR) is 153 cm³/mol. The zero-order valence-electron chi connectivity index (χ0n) is 22.5. The van der Waals surface area contributed by atoms with Crippen LogP contribution < -0.4 is 4.72 Å². The maximum atomic E-state index is 13.5. The summed E-state index contributed by atoms with van der Waals surface area (Å²) in [6.07, 6.45) is 6.28. The monoisotopic (exact) mass is 547 g/mol. The van der Waals surface area contributed by atoms with Crippen LogP contribution in [0.25, 0.3) is 11.1 Å². The minimum absolute atomic E-state index is 0.00140. The highest BCUT2D eigenvalue weighted by Crippen LogP contribution is 2.41. The van der Waals surface area contributed by atoms with Crippen molar-refractivity contribution < 1.29 is 14.2 Å². The van der Waals surface area contributed by atoms with Gasteiger partial charge < -0.3 is 4.52 Å². The van der Waals surface area contributed by atoms with E-state index in [0.29, 0.717) is 17.0 Å². The zero-order chi connectivity index (χ0) is 27.6. The molecule has 204 valence electrons. The number of carbonyl (C=O) groups excluding carboxylic acids is 1. The van der Waals surface area contributed by atoms with Gasteiger partial charge in [0, 0.05) is 28.5 Å². The van der Waals surface area contributed by atoms with E-state index in [0.717, 1.165) is 72.5 Å². The number of aliphatic imine (C=N–C) groups is 1. The van der Waals surface area contributed by atoms with E-state index in [1.807, 2.05) is 44.2 Å². The van der Waals surface area contributed by atoms with Gasteiger partial charge in [0.05, 0.1) is 22.7 Å². The van der Waals surface area contributed by atoms with E-state index in [1.165, 1.54) is 11.9 Å². The molecule has 1 spiro atoms. The molecular weight excluding hydrogens is 514 g/mol. The summed E-state index contributed by atoms with van der Waals surface area (Å²) in [6, 6.07) is 12.8. The van der Waals surface area contributed by atoms with Crippen LogP contribution in [0.15, 0.2) is 56.9 Å². The fourth-order valence-corrected chi connectivity index (χ4v) is 6.15. The first-order valence-corrected chi connectivity index (χ1v) is 14.3. The Labute approximate surface area is 232 Å². The average molecular weight is 548 g/mol. The summed E-state index contributed by atoms with van der Waals surface area (Å²) in [5.41, 5.74) is 3.05. The van der Waals surface area contributed by atoms with Gasteiger partial charge in [0.2, 0.25) is 5.88 Å². The number of benzene rings is 2. The maximum Gasteiger partial charge on any atom is 0.277 e. The Kier molecular flexibility index (Phi) is 7.74. The van der Waals surface area contributed by atoms with Crippen molar-refractivity contribution in [2.45, 2.75) is 82.7 Å². The molecule has 1 N–H and O–H groups in total. The van der Waals surface area contributed by atoms with Gasteiger partial charge in [-0.05, 0) is 62.8 Å². The van der Waals surface area contributed by atoms with Crippen molar-refractivity contribution >= 4 is 35.3 Å². The summed E-state index contributed by atoms with van der Waals surface area (Å²) in [5.74, 6) is 1.41. The van der Waals surface area contributed by atoms with E-state index in [4.69, 9.17) is 9.52 Å². The predicted octanol–water partition coefficient (Wildman–Crippen LogP) is 7.23. The lowest BCUT2D eigenvalue weighted by Gasteiger charge is -2.23. The van der Waals surface area contributed by atoms with Crippen molar-refractivity contribution in [3.63, 3.8) is 0 Å². The second-order valence-corrected chi connectivity index (χ2v) is 11.1. The van der Waals surface area contributed by atoms with E-state index in [2.05, 4.69) is 16.8 Å². The third kappa shape index (κ3) is 5.30. The largest absolute Gasteiger partial charge is 0.337 e. The number of hydrogen-bond donors (Lipinski definition) is 1. The number of amidine groups is 1. The van der Waals surface area contributed by atoms with Gasteiger partial charge in [0.25, 0.3) is 11.6 Å². The number of nitrogens with zero attached hydrogens (tertiary/aromatic N) is 4. The normalized spacial score (nSPS) is 16.2. The van der Waals surface area contributed by atoms with Gasteiger partial charge in [-0.1, -0.05) is 55.6 Å². The first-order chi connectivity index (χ1) is 18.8. The molecule has 2 aromatic carbocycles. The molecular formula is C29H33N5O4S. The van der Waals surface area contributed by atoms with Crippen molar-refractivity contribution in [3.8, 4) is 11.1 Å². The van der Waals surface area contributed by atoms with Crippen molar-refractivity contribution in [1.82, 2.24) is 10.1 Å². The van der Waals surface area contributed by atoms with Crippen molar-refractivity contribution in [1.29, 1.82) is 0 Å². The first-order valence-electron chi connectivity index (χ1n) is 13.5. The Hall–Kier alpha value is -3.66. The van der Waals surface area contributed by atoms with E-state index in [-0.39, 0.29) is 23.1 Å². The molecule has 0 atom stereocenters. The zero-order valence-corrected chi connectivity index (χ0v) is 23.3. The highest BCUT2D eigenvalue weighted by atomic mass is 32.2. The van der Waals surface area contributed by atoms with Gasteiger partial charge in [-0.2, -0.15) is 0 Å². The van der Waals surface area contributed by atoms with Crippen LogP contribution in [0.2, 0.25) is 0 Å². The van der Waals surface area contributed by atoms with Gasteiger partial charge in [0.1, 0.15) is 11.4 Å². The number of anilines is 1. The lowest BCUT2D eigenvalue weighted by molar-refractivity contribution is -0.384. The lowest BCUT2D eigenvalue weighted by atomic mass is 9.97. The van der Waals surface area contributed by atoms with Crippen molar-refractivity contribution in [2.24, 2.45) is 4.99 Å². The van der Waals surface area contributed by atoms with E-state index in [1.54, 1.807) is 17.0 Å². The Morgan fingerprint density at radius 3 is 2.62 bits per heavy atom. The molecule has 10 heteroatoms. The molecule has 1 amide bonds. The van der Waals surface area contributed by atoms with E-state index >= 15 is 0 Å². The first kappa shape index (κ1) is 26.9. The van der Waals surface area contributed by atoms with Crippen LogP contribution in [0, 0.1) is 24.0 Å². The molecule has 0 saturated heterocycles. The minimum Gasteiger partial charge on any atom is -0.337 e. The summed E-state index contributed by atoms with van der Waals surface area (Å²) in [4.78, 5) is 33.0. The Balaban J connectivity index is 1.42. The van der Waals surface area contributed by atoms with Crippen LogP contribution in [-0.4, -0.2) is 32.3 Å². The van der Waals surface area contributed by atoms with Crippen LogP contribution in [0.1, 0.15) is 68.7 Å². The van der Waals surface area contributed by atoms with E-state index < -0.39 is 5.54 Å². The molecule has 1 aliphatic heterocycles. The Bertz CT molecular complexity index is 1430. The fraction of sp³-hybridized carbons (Fsp3) is 0.414. The van der Waals surface area contributed by atoms with Crippen LogP contribution >= 0.6 is 11.9 Å². The smallest absolute Gasteiger partial charge is 0.277 e. The van der Waals surface area contributed by atoms with Crippen LogP contribution in [0.3, 0.4) is 0 Å². The number of aryl methyl sites for hydroxylation is 1. The number of carbonyl (C=O) groups is 1. The number of amides is 1. The quantitative estimate of drug-likeness (QED) is 0.162. The number of unbranched alkanes of at least 4 members (excludes halogenated alkanes) is 1. The number of rotatable bonds is 10. The van der Waals surface area contributed by atoms with Gasteiger partial charge in [-0.25, -0.2) is 0 Å². The van der Waals surface area contributed by atoms with Gasteiger partial charge in [-0.3, -0.25) is 29.5 Å². The molecule has 3 aromatic rings. The third-order valence-electron chi connectivity index (χ3n) is 7.67. The maximum absolute atomic E-state index is 13.5. The summed E-state index contributed by atoms with van der Waals surface area (Å²) in [7, 11) is 0. The van der Waals surface area contributed by atoms with Crippen molar-refractivity contribution in [2.75, 3.05) is 4.72 Å². The molecule has 5 rings (SSSR count). The van der Waals surface area contributed by atoms with Gasteiger partial charge in [-0.15, -0.1) is 0 Å². The molecule has 2 aliphatic rings. The minimum atomic E-state index is -0.626. The summed E-state index contributed by atoms with van der Waals surface area (Å²) < 4.78 is 8.53. The SMILES string of the molecule is CCCCC1=NC2(CCCC2)C(=O)N1Cc1ccc(-c2ccccc2SNc2onc(C)c2C)c([N+](=O)[O-])c1. The van der Waals surface area contributed by atoms with Crippen LogP contribution in [-0.2, 0) is 11.3 Å². The van der Waals surface area contributed by atoms with Gasteiger partial charge in [0.15, 0.2) is 0 Å². The lowest BCUT2D eigenvalue weighted by Crippen LogP contribution is -2.40. The Morgan fingerprint density at radius 2 is 1.92 bits per heavy atom. The third-order valence-corrected chi connectivity index (χ3v) is 8.53. The molecule has 1 aliphatic carbocycles. The number of aromatic nitrogens is 1. The summed E-state index contributed by atoms with van der Waals surface area (Å²) in [6.45, 7) is 6.19. The van der Waals surface area contributed by atoms with E-state index in [9.17, 15) is 14.9 Å². The van der Waals surface area contributed by atoms with Gasteiger partial charge >= 0.3 is 0 Å². The van der Waals surface area contributed by atoms with Crippen LogP contribution in [0.4, 0.5) is 11.6 Å². The topological polar surface area (TPSA) is 114 Å². The summed E-state index contributed by atoms with van der Waals surface area (Å²) >= 11 is 1.32. The molecule has 39 heavy (non-hydrogen) atoms. The molecule has 0 radical (unpaired) electrons. The molecule has 9 nitrogen and oxygen atoms in total. The number of nitrogens with one attached hydrogen (secondary N) is 1. The highest BCUT2D eigenvalue weighted by molar-refractivity contribution is 8.00. The van der Waals surface area contributed by atoms with Crippen molar-refractivity contribution in [3.05, 3.63) is 69.4 Å². The standard InChI is InChI=1S/C29H33N5O4S/c1-4-5-12-26-30-29(15-8-9-16-29)28(35)33(26)18-21-13-14-22(24(17-21)34(36)37)23-10-6-7-11-25(23)39-32-27-19(2)20(3)31-38-27/h6-7,10-11,13-14,17,32H,4-5,8-9,12,15-16,18H2,1-3H3. The molecule has 1 fully saturated rings. The molecule has 1 saturated carbocycles. The number of nitro groups is 1. The average Bonchev–Trinajstić information content (AvgIpc) is 3.61. The fourth-order valence-electron chi connectivity index (χ4n) is 5.32. The molecule has 0 bridgehead atoms. The molecule has 2 heterocycles.